The molecule has 0 amide bonds. The van der Waals surface area contributed by atoms with Crippen LogP contribution in [-0.2, 0) is 6.54 Å². The van der Waals surface area contributed by atoms with Gasteiger partial charge in [-0.2, -0.15) is 0 Å². The van der Waals surface area contributed by atoms with E-state index in [-0.39, 0.29) is 24.0 Å². The fourth-order valence-corrected chi connectivity index (χ4v) is 4.42. The topological polar surface area (TPSA) is 43.8 Å². The normalized spacial score (nSPS) is 18.9. The van der Waals surface area contributed by atoms with Gasteiger partial charge in [0.25, 0.3) is 0 Å². The van der Waals surface area contributed by atoms with E-state index in [2.05, 4.69) is 51.1 Å². The van der Waals surface area contributed by atoms with Crippen LogP contribution in [0.1, 0.15) is 51.5 Å². The molecule has 2 heterocycles. The minimum absolute atomic E-state index is 0. The molecule has 2 fully saturated rings. The fourth-order valence-electron chi connectivity index (χ4n) is 4.42. The highest BCUT2D eigenvalue weighted by molar-refractivity contribution is 14.0. The summed E-state index contributed by atoms with van der Waals surface area (Å²) in [4.78, 5) is 13.8. The third-order valence-corrected chi connectivity index (χ3v) is 5.96. The van der Waals surface area contributed by atoms with E-state index in [9.17, 15) is 0 Å². The van der Waals surface area contributed by atoms with E-state index < -0.39 is 0 Å². The summed E-state index contributed by atoms with van der Waals surface area (Å²) in [6.07, 6.45) is 8.92. The summed E-state index contributed by atoms with van der Waals surface area (Å²) in [6.45, 7) is 9.40. The van der Waals surface area contributed by atoms with Crippen molar-refractivity contribution >= 4 is 35.8 Å². The summed E-state index contributed by atoms with van der Waals surface area (Å²) in [7, 11) is 1.89. The Kier molecular flexibility index (Phi) is 7.98. The molecule has 0 atom stereocenters. The van der Waals surface area contributed by atoms with Gasteiger partial charge in [0.2, 0.25) is 0 Å². The number of hydrogen-bond donors (Lipinski definition) is 1. The number of aliphatic imine (C=N–C) groups is 1. The van der Waals surface area contributed by atoms with Crippen molar-refractivity contribution in [2.45, 2.75) is 52.5 Å². The van der Waals surface area contributed by atoms with Crippen LogP contribution in [0.25, 0.3) is 0 Å². The molecule has 2 aliphatic rings. The molecule has 1 N–H and O–H groups in total. The lowest BCUT2D eigenvalue weighted by Gasteiger charge is -2.26. The monoisotopic (exact) mass is 471 g/mol. The van der Waals surface area contributed by atoms with Crippen LogP contribution in [0, 0.1) is 5.41 Å². The molecule has 1 saturated heterocycles. The van der Waals surface area contributed by atoms with Gasteiger partial charge in [-0.05, 0) is 50.2 Å². The van der Waals surface area contributed by atoms with Gasteiger partial charge in [-0.15, -0.1) is 24.0 Å². The van der Waals surface area contributed by atoms with Crippen LogP contribution in [0.15, 0.2) is 23.3 Å². The molecule has 146 valence electrons. The summed E-state index contributed by atoms with van der Waals surface area (Å²) in [5.74, 6) is 2.09. The number of aromatic nitrogens is 1. The molecule has 0 radical (unpaired) electrons. The van der Waals surface area contributed by atoms with E-state index in [1.807, 2.05) is 13.2 Å². The van der Waals surface area contributed by atoms with E-state index >= 15 is 0 Å². The number of hydrogen-bond acceptors (Lipinski definition) is 3. The molecule has 1 aromatic heterocycles. The Morgan fingerprint density at radius 2 is 1.96 bits per heavy atom. The van der Waals surface area contributed by atoms with Crippen molar-refractivity contribution < 1.29 is 0 Å². The van der Waals surface area contributed by atoms with E-state index in [1.54, 1.807) is 0 Å². The molecule has 1 aliphatic heterocycles. The zero-order valence-electron chi connectivity index (χ0n) is 16.5. The first kappa shape index (κ1) is 21.3. The zero-order valence-corrected chi connectivity index (χ0v) is 18.8. The number of halogens is 1. The minimum Gasteiger partial charge on any atom is -0.357 e. The van der Waals surface area contributed by atoms with Gasteiger partial charge in [-0.1, -0.05) is 18.9 Å². The van der Waals surface area contributed by atoms with Gasteiger partial charge in [0, 0.05) is 46.0 Å². The van der Waals surface area contributed by atoms with Crippen LogP contribution in [-0.4, -0.2) is 49.1 Å². The highest BCUT2D eigenvalue weighted by Crippen LogP contribution is 2.45. The number of likely N-dealkylation sites (tertiary alicyclic amines) is 1. The lowest BCUT2D eigenvalue weighted by Crippen LogP contribution is -2.40. The third-order valence-electron chi connectivity index (χ3n) is 5.96. The number of anilines is 1. The van der Waals surface area contributed by atoms with Crippen LogP contribution >= 0.6 is 24.0 Å². The SMILES string of the molecule is CCN(CC)c1ccc(CNC(=NC)N2CCC3(CCCC3)C2)cn1.I. The average Bonchev–Trinajstić information content (AvgIpc) is 3.28. The molecular formula is C20H34IN5. The van der Waals surface area contributed by atoms with Crippen molar-refractivity contribution in [2.24, 2.45) is 10.4 Å². The summed E-state index contributed by atoms with van der Waals surface area (Å²) in [5.41, 5.74) is 1.77. The molecular weight excluding hydrogens is 437 g/mol. The van der Waals surface area contributed by atoms with Crippen LogP contribution in [0.4, 0.5) is 5.82 Å². The van der Waals surface area contributed by atoms with Gasteiger partial charge in [-0.25, -0.2) is 4.98 Å². The maximum atomic E-state index is 4.61. The second kappa shape index (κ2) is 9.76. The van der Waals surface area contributed by atoms with E-state index in [0.29, 0.717) is 5.41 Å². The molecule has 1 aliphatic carbocycles. The molecule has 0 unspecified atom stereocenters. The second-order valence-electron chi connectivity index (χ2n) is 7.48. The zero-order chi connectivity index (χ0) is 17.7. The van der Waals surface area contributed by atoms with Crippen molar-refractivity contribution in [3.05, 3.63) is 23.9 Å². The van der Waals surface area contributed by atoms with E-state index in [1.165, 1.54) is 44.2 Å². The number of pyridine rings is 1. The summed E-state index contributed by atoms with van der Waals surface area (Å²) in [5, 5.41) is 3.53. The van der Waals surface area contributed by atoms with Crippen LogP contribution < -0.4 is 10.2 Å². The van der Waals surface area contributed by atoms with Gasteiger partial charge < -0.3 is 15.1 Å². The first-order chi connectivity index (χ1) is 12.2. The van der Waals surface area contributed by atoms with Crippen molar-refractivity contribution in [1.29, 1.82) is 0 Å². The van der Waals surface area contributed by atoms with Crippen molar-refractivity contribution in [3.8, 4) is 0 Å². The predicted octanol–water partition coefficient (Wildman–Crippen LogP) is 3.89. The van der Waals surface area contributed by atoms with Gasteiger partial charge >= 0.3 is 0 Å². The standard InChI is InChI=1S/C20H33N5.HI/c1-4-24(5-2)18-9-8-17(14-22-18)15-23-19(21-3)25-13-12-20(16-25)10-6-7-11-20;/h8-9,14H,4-7,10-13,15-16H2,1-3H3,(H,21,23);1H. The van der Waals surface area contributed by atoms with Crippen molar-refractivity contribution in [2.75, 3.05) is 38.1 Å². The quantitative estimate of drug-likeness (QED) is 0.402. The first-order valence-electron chi connectivity index (χ1n) is 9.85. The Balaban J connectivity index is 0.00000243. The van der Waals surface area contributed by atoms with E-state index in [4.69, 9.17) is 0 Å². The summed E-state index contributed by atoms with van der Waals surface area (Å²) in [6, 6.07) is 4.29. The van der Waals surface area contributed by atoms with Gasteiger partial charge in [0.05, 0.1) is 0 Å². The predicted molar refractivity (Wildman–Crippen MR) is 121 cm³/mol. The molecule has 0 bridgehead atoms. The summed E-state index contributed by atoms with van der Waals surface area (Å²) < 4.78 is 0. The minimum atomic E-state index is 0. The Morgan fingerprint density at radius 3 is 2.54 bits per heavy atom. The Labute approximate surface area is 175 Å². The van der Waals surface area contributed by atoms with Crippen LogP contribution in [0.5, 0.6) is 0 Å². The number of guanidine groups is 1. The molecule has 1 aromatic rings. The molecule has 3 rings (SSSR count). The number of nitrogens with one attached hydrogen (secondary N) is 1. The molecule has 1 spiro atoms. The molecule has 0 aromatic carbocycles. The average molecular weight is 471 g/mol. The van der Waals surface area contributed by atoms with Gasteiger partial charge in [-0.3, -0.25) is 4.99 Å². The number of rotatable bonds is 5. The molecule has 6 heteroatoms. The Hall–Kier alpha value is -1.05. The van der Waals surface area contributed by atoms with Crippen molar-refractivity contribution in [3.63, 3.8) is 0 Å². The highest BCUT2D eigenvalue weighted by atomic mass is 127. The van der Waals surface area contributed by atoms with Gasteiger partial charge in [0.15, 0.2) is 5.96 Å². The molecule has 1 saturated carbocycles. The Bertz CT molecular complexity index is 576. The third kappa shape index (κ3) is 4.81. The largest absolute Gasteiger partial charge is 0.357 e. The molecule has 5 nitrogen and oxygen atoms in total. The van der Waals surface area contributed by atoms with Gasteiger partial charge in [0.1, 0.15) is 5.82 Å². The first-order valence-corrected chi connectivity index (χ1v) is 9.85. The van der Waals surface area contributed by atoms with Crippen molar-refractivity contribution in [1.82, 2.24) is 15.2 Å². The summed E-state index contributed by atoms with van der Waals surface area (Å²) >= 11 is 0. The smallest absolute Gasteiger partial charge is 0.193 e. The van der Waals surface area contributed by atoms with Crippen LogP contribution in [0.3, 0.4) is 0 Å². The van der Waals surface area contributed by atoms with E-state index in [0.717, 1.165) is 38.0 Å². The molecule has 26 heavy (non-hydrogen) atoms. The maximum absolute atomic E-state index is 4.61. The number of nitrogens with zero attached hydrogens (tertiary/aromatic N) is 4. The fraction of sp³-hybridized carbons (Fsp3) is 0.700. The lowest BCUT2D eigenvalue weighted by molar-refractivity contribution is 0.309. The maximum Gasteiger partial charge on any atom is 0.193 e. The second-order valence-corrected chi connectivity index (χ2v) is 7.48. The Morgan fingerprint density at radius 1 is 1.23 bits per heavy atom. The highest BCUT2D eigenvalue weighted by Gasteiger charge is 2.41. The van der Waals surface area contributed by atoms with Crippen LogP contribution in [0.2, 0.25) is 0 Å². The lowest BCUT2D eigenvalue weighted by atomic mass is 9.86.